The van der Waals surface area contributed by atoms with Gasteiger partial charge in [-0.2, -0.15) is 5.53 Å². The monoisotopic (exact) mass is 479 g/mol. The minimum absolute atomic E-state index is 0.0168. The summed E-state index contributed by atoms with van der Waals surface area (Å²) in [4.78, 5) is 26.1. The molecule has 4 N–H and O–H groups in total. The summed E-state index contributed by atoms with van der Waals surface area (Å²) >= 11 is 0. The summed E-state index contributed by atoms with van der Waals surface area (Å²) < 4.78 is 10.6. The summed E-state index contributed by atoms with van der Waals surface area (Å²) in [5.41, 5.74) is 9.87. The molecule has 2 aliphatic heterocycles. The Morgan fingerprint density at radius 2 is 1.94 bits per heavy atom. The molecular weight excluding hydrogens is 446 g/mol. The van der Waals surface area contributed by atoms with Crippen LogP contribution in [0.25, 0.3) is 0 Å². The van der Waals surface area contributed by atoms with Crippen LogP contribution in [0, 0.1) is 18.8 Å². The summed E-state index contributed by atoms with van der Waals surface area (Å²) in [7, 11) is 3.19. The van der Waals surface area contributed by atoms with Crippen LogP contribution in [0.1, 0.15) is 42.0 Å². The molecule has 0 aromatic heterocycles. The van der Waals surface area contributed by atoms with E-state index in [1.165, 1.54) is 5.56 Å². The van der Waals surface area contributed by atoms with Crippen molar-refractivity contribution in [2.45, 2.75) is 51.0 Å². The number of nitrogens with zero attached hydrogens (tertiary/aromatic N) is 1. The average Bonchev–Trinajstić information content (AvgIpc) is 3.30. The van der Waals surface area contributed by atoms with Crippen molar-refractivity contribution < 1.29 is 19.1 Å². The number of hydrazine groups is 2. The fraction of sp³-hybridized carbons (Fsp3) is 0.462. The van der Waals surface area contributed by atoms with Gasteiger partial charge in [-0.05, 0) is 49.4 Å². The lowest BCUT2D eigenvalue weighted by Crippen LogP contribution is -2.65. The molecule has 0 spiro atoms. The Labute approximate surface area is 205 Å². The van der Waals surface area contributed by atoms with Crippen LogP contribution in [0.3, 0.4) is 0 Å². The van der Waals surface area contributed by atoms with Gasteiger partial charge < -0.3 is 20.1 Å². The first-order chi connectivity index (χ1) is 17.0. The molecule has 0 bridgehead atoms. The Morgan fingerprint density at radius 1 is 1.11 bits per heavy atom. The van der Waals surface area contributed by atoms with Crippen LogP contribution in [-0.2, 0) is 16.1 Å². The van der Waals surface area contributed by atoms with E-state index in [-0.39, 0.29) is 41.9 Å². The van der Waals surface area contributed by atoms with E-state index in [1.54, 1.807) is 14.2 Å². The van der Waals surface area contributed by atoms with Crippen LogP contribution < -0.4 is 31.1 Å². The maximum Gasteiger partial charge on any atom is 0.226 e. The minimum atomic E-state index is -0.209. The third-order valence-electron chi connectivity index (χ3n) is 7.45. The lowest BCUT2D eigenvalue weighted by atomic mass is 9.75. The SMILES string of the molecule is COc1ccc(CNC(=O)C2CCC3C(=O)NC4C(c5cccc(C)c5)NNN4C3C2)cc1OC. The number of carbonyl (C=O) groups is 2. The molecule has 2 amide bonds. The summed E-state index contributed by atoms with van der Waals surface area (Å²) in [6.07, 6.45) is 1.80. The molecule has 186 valence electrons. The number of hydrogen-bond donors (Lipinski definition) is 4. The topological polar surface area (TPSA) is 104 Å². The number of amides is 2. The van der Waals surface area contributed by atoms with E-state index in [2.05, 4.69) is 51.7 Å². The fourth-order valence-corrected chi connectivity index (χ4v) is 5.60. The fourth-order valence-electron chi connectivity index (χ4n) is 5.60. The lowest BCUT2D eigenvalue weighted by molar-refractivity contribution is -0.143. The lowest BCUT2D eigenvalue weighted by Gasteiger charge is -2.46. The van der Waals surface area contributed by atoms with Gasteiger partial charge in [0.05, 0.1) is 26.2 Å². The molecule has 1 aliphatic carbocycles. The number of hydrogen-bond acceptors (Lipinski definition) is 7. The maximum atomic E-state index is 13.1. The van der Waals surface area contributed by atoms with Crippen molar-refractivity contribution in [2.24, 2.45) is 11.8 Å². The number of carbonyl (C=O) groups excluding carboxylic acids is 2. The van der Waals surface area contributed by atoms with Crippen LogP contribution in [0.4, 0.5) is 0 Å². The van der Waals surface area contributed by atoms with Crippen molar-refractivity contribution in [1.82, 2.24) is 26.6 Å². The number of nitrogens with one attached hydrogen (secondary N) is 4. The molecule has 2 aromatic rings. The normalized spacial score (nSPS) is 28.0. The van der Waals surface area contributed by atoms with Crippen LogP contribution in [0.2, 0.25) is 0 Å². The predicted molar refractivity (Wildman–Crippen MR) is 130 cm³/mol. The number of ether oxygens (including phenoxy) is 2. The molecule has 9 heteroatoms. The average molecular weight is 480 g/mol. The van der Waals surface area contributed by atoms with Crippen molar-refractivity contribution in [3.63, 3.8) is 0 Å². The Balaban J connectivity index is 1.25. The first kappa shape index (κ1) is 23.6. The highest BCUT2D eigenvalue weighted by atomic mass is 16.5. The summed E-state index contributed by atoms with van der Waals surface area (Å²) in [6.45, 7) is 2.47. The van der Waals surface area contributed by atoms with E-state index in [1.807, 2.05) is 24.3 Å². The third-order valence-corrected chi connectivity index (χ3v) is 7.45. The Hall–Kier alpha value is -3.14. The molecular formula is C26H33N5O4. The van der Waals surface area contributed by atoms with Gasteiger partial charge in [0, 0.05) is 18.5 Å². The first-order valence-electron chi connectivity index (χ1n) is 12.1. The number of fused-ring (bicyclic) bond motifs is 3. The standard InChI is InChI=1S/C26H33N5O4/c1-15-5-4-6-17(11-15)23-24-28-26(33)19-9-8-18(13-20(19)31(24)30-29-23)25(32)27-14-16-7-10-21(34-2)22(12-16)35-3/h4-7,10-12,18-20,23-24,29-30H,8-9,13-14H2,1-3H3,(H,27,32)(H,28,33). The number of benzene rings is 2. The van der Waals surface area contributed by atoms with Gasteiger partial charge in [0.2, 0.25) is 11.8 Å². The largest absolute Gasteiger partial charge is 0.493 e. The van der Waals surface area contributed by atoms with E-state index in [0.717, 1.165) is 11.1 Å². The second kappa shape index (κ2) is 9.85. The van der Waals surface area contributed by atoms with Gasteiger partial charge in [-0.3, -0.25) is 9.59 Å². The minimum Gasteiger partial charge on any atom is -0.493 e. The van der Waals surface area contributed by atoms with Crippen molar-refractivity contribution in [3.05, 3.63) is 59.2 Å². The molecule has 35 heavy (non-hydrogen) atoms. The Morgan fingerprint density at radius 3 is 2.71 bits per heavy atom. The maximum absolute atomic E-state index is 13.1. The van der Waals surface area contributed by atoms with Crippen molar-refractivity contribution >= 4 is 11.8 Å². The molecule has 3 fully saturated rings. The molecule has 5 rings (SSSR count). The van der Waals surface area contributed by atoms with Crippen LogP contribution in [0.5, 0.6) is 11.5 Å². The molecule has 3 aliphatic rings. The zero-order valence-corrected chi connectivity index (χ0v) is 20.3. The number of aryl methyl sites for hydroxylation is 1. The van der Waals surface area contributed by atoms with Gasteiger partial charge in [-0.1, -0.05) is 35.9 Å². The number of methoxy groups -OCH3 is 2. The highest BCUT2D eigenvalue weighted by molar-refractivity contribution is 5.83. The van der Waals surface area contributed by atoms with Gasteiger partial charge in [0.1, 0.15) is 6.17 Å². The van der Waals surface area contributed by atoms with Gasteiger partial charge >= 0.3 is 0 Å². The Kier molecular flexibility index (Phi) is 6.64. The van der Waals surface area contributed by atoms with Gasteiger partial charge in [-0.25, -0.2) is 10.4 Å². The van der Waals surface area contributed by atoms with Crippen LogP contribution >= 0.6 is 0 Å². The first-order valence-corrected chi connectivity index (χ1v) is 12.1. The van der Waals surface area contributed by atoms with E-state index in [4.69, 9.17) is 9.47 Å². The highest BCUT2D eigenvalue weighted by Crippen LogP contribution is 2.39. The van der Waals surface area contributed by atoms with Gasteiger partial charge in [0.15, 0.2) is 11.5 Å². The van der Waals surface area contributed by atoms with Crippen molar-refractivity contribution in [2.75, 3.05) is 14.2 Å². The second-order valence-electron chi connectivity index (χ2n) is 9.60. The van der Waals surface area contributed by atoms with Gasteiger partial charge in [-0.15, -0.1) is 0 Å². The number of rotatable bonds is 6. The molecule has 2 aromatic carbocycles. The molecule has 2 saturated heterocycles. The smallest absolute Gasteiger partial charge is 0.226 e. The van der Waals surface area contributed by atoms with E-state index >= 15 is 0 Å². The predicted octanol–water partition coefficient (Wildman–Crippen LogP) is 1.94. The summed E-state index contributed by atoms with van der Waals surface area (Å²) in [5, 5.41) is 8.37. The molecule has 5 unspecified atom stereocenters. The van der Waals surface area contributed by atoms with Crippen molar-refractivity contribution in [1.29, 1.82) is 0 Å². The van der Waals surface area contributed by atoms with Crippen LogP contribution in [-0.4, -0.2) is 43.3 Å². The Bertz CT molecular complexity index is 1110. The molecule has 9 nitrogen and oxygen atoms in total. The molecule has 1 saturated carbocycles. The quantitative estimate of drug-likeness (QED) is 0.502. The second-order valence-corrected chi connectivity index (χ2v) is 9.60. The van der Waals surface area contributed by atoms with Crippen LogP contribution in [0.15, 0.2) is 42.5 Å². The summed E-state index contributed by atoms with van der Waals surface area (Å²) in [5.74, 6) is 1.10. The molecule has 2 heterocycles. The van der Waals surface area contributed by atoms with E-state index < -0.39 is 0 Å². The van der Waals surface area contributed by atoms with Gasteiger partial charge in [0.25, 0.3) is 0 Å². The highest BCUT2D eigenvalue weighted by Gasteiger charge is 2.51. The van der Waals surface area contributed by atoms with Crippen molar-refractivity contribution in [3.8, 4) is 11.5 Å². The third kappa shape index (κ3) is 4.59. The zero-order chi connectivity index (χ0) is 24.5. The zero-order valence-electron chi connectivity index (χ0n) is 20.3. The van der Waals surface area contributed by atoms with E-state index in [0.29, 0.717) is 37.3 Å². The summed E-state index contributed by atoms with van der Waals surface area (Å²) in [6, 6.07) is 13.8. The molecule has 0 radical (unpaired) electrons. The van der Waals surface area contributed by atoms with E-state index in [9.17, 15) is 9.59 Å². The molecule has 5 atom stereocenters.